The summed E-state index contributed by atoms with van der Waals surface area (Å²) in [4.78, 5) is 30.0. The van der Waals surface area contributed by atoms with E-state index in [1.807, 2.05) is 30.3 Å². The molecule has 1 atom stereocenters. The van der Waals surface area contributed by atoms with Gasteiger partial charge in [0.25, 0.3) is 0 Å². The number of methoxy groups -OCH3 is 1. The molecule has 0 unspecified atom stereocenters. The highest BCUT2D eigenvalue weighted by molar-refractivity contribution is 7.89. The van der Waals surface area contributed by atoms with Crippen molar-refractivity contribution in [2.75, 3.05) is 13.7 Å². The van der Waals surface area contributed by atoms with Crippen LogP contribution in [0.1, 0.15) is 12.0 Å². The van der Waals surface area contributed by atoms with E-state index in [0.29, 0.717) is 6.42 Å². The molecule has 0 bridgehead atoms. The normalized spacial score (nSPS) is 12.3. The summed E-state index contributed by atoms with van der Waals surface area (Å²) in [7, 11) is -2.93. The Morgan fingerprint density at radius 2 is 2.00 bits per heavy atom. The highest BCUT2D eigenvalue weighted by atomic mass is 32.2. The van der Waals surface area contributed by atoms with E-state index < -0.39 is 28.5 Å². The van der Waals surface area contributed by atoms with Crippen LogP contribution in [0.5, 0.6) is 11.8 Å². The Kier molecular flexibility index (Phi) is 7.33. The number of hydrogen-bond acceptors (Lipinski definition) is 8. The van der Waals surface area contributed by atoms with Gasteiger partial charge in [-0.05, 0) is 23.8 Å². The summed E-state index contributed by atoms with van der Waals surface area (Å²) in [5, 5.41) is 9.81. The molecular formula is C21H21N3O7S. The number of benzene rings is 1. The van der Waals surface area contributed by atoms with Gasteiger partial charge in [0.05, 0.1) is 31.7 Å². The van der Waals surface area contributed by atoms with Crippen molar-refractivity contribution in [2.45, 2.75) is 23.8 Å². The zero-order valence-corrected chi connectivity index (χ0v) is 17.9. The van der Waals surface area contributed by atoms with E-state index in [0.717, 1.165) is 16.5 Å². The molecule has 0 spiro atoms. The average molecular weight is 459 g/mol. The number of carboxylic acid groups (broad SMARTS) is 1. The van der Waals surface area contributed by atoms with E-state index in [1.165, 1.54) is 19.2 Å². The van der Waals surface area contributed by atoms with Crippen LogP contribution in [0.25, 0.3) is 10.9 Å². The van der Waals surface area contributed by atoms with Gasteiger partial charge in [-0.25, -0.2) is 13.1 Å². The topological polar surface area (TPSA) is 145 Å². The number of carbonyl (C=O) groups is 2. The lowest BCUT2D eigenvalue weighted by molar-refractivity contribution is -0.138. The average Bonchev–Trinajstić information content (AvgIpc) is 2.78. The minimum absolute atomic E-state index is 0.100. The minimum atomic E-state index is -4.30. The summed E-state index contributed by atoms with van der Waals surface area (Å²) in [6, 6.07) is 10.6. The molecule has 1 aromatic carbocycles. The van der Waals surface area contributed by atoms with Crippen LogP contribution < -0.4 is 14.2 Å². The first-order chi connectivity index (χ1) is 15.3. The highest BCUT2D eigenvalue weighted by Crippen LogP contribution is 2.25. The molecule has 32 heavy (non-hydrogen) atoms. The minimum Gasteiger partial charge on any atom is -0.481 e. The summed E-state index contributed by atoms with van der Waals surface area (Å²) >= 11 is 0. The molecule has 0 saturated carbocycles. The first-order valence-corrected chi connectivity index (χ1v) is 11.0. The molecule has 168 valence electrons. The number of nitrogens with zero attached hydrogens (tertiary/aromatic N) is 2. The molecule has 3 rings (SSSR count). The summed E-state index contributed by atoms with van der Waals surface area (Å²) in [5.41, 5.74) is 1.79. The van der Waals surface area contributed by atoms with Crippen LogP contribution in [-0.2, 0) is 26.0 Å². The summed E-state index contributed by atoms with van der Waals surface area (Å²) in [6.07, 6.45) is 1.66. The number of nitrogens with one attached hydrogen (secondary N) is 1. The van der Waals surface area contributed by atoms with Gasteiger partial charge >= 0.3 is 5.97 Å². The number of rotatable bonds is 11. The molecule has 10 nitrogen and oxygen atoms in total. The fourth-order valence-corrected chi connectivity index (χ4v) is 4.28. The van der Waals surface area contributed by atoms with Crippen LogP contribution in [0, 0.1) is 0 Å². The van der Waals surface area contributed by atoms with Crippen LogP contribution in [0.2, 0.25) is 0 Å². The second-order valence-corrected chi connectivity index (χ2v) is 8.39. The van der Waals surface area contributed by atoms with Crippen molar-refractivity contribution in [1.29, 1.82) is 0 Å². The molecule has 11 heteroatoms. The summed E-state index contributed by atoms with van der Waals surface area (Å²) in [5.74, 6) is -1.42. The van der Waals surface area contributed by atoms with Crippen LogP contribution in [0.15, 0.2) is 53.6 Å². The lowest BCUT2D eigenvalue weighted by Gasteiger charge is -2.15. The molecule has 0 radical (unpaired) electrons. The maximum absolute atomic E-state index is 12.8. The van der Waals surface area contributed by atoms with Crippen molar-refractivity contribution in [3.05, 3.63) is 54.2 Å². The standard InChI is InChI=1S/C21H21N3O7S/c1-30-19-7-6-18(32(28,29)24-15(13-25)12-20(26)27)21(23-19)31-11-9-14-8-10-22-17-5-3-2-4-16(14)17/h2-8,10,13,15,24H,9,11-12H2,1H3,(H,26,27)/t15-/m0/s1. The lowest BCUT2D eigenvalue weighted by Crippen LogP contribution is -2.37. The number of pyridine rings is 2. The van der Waals surface area contributed by atoms with Crippen LogP contribution >= 0.6 is 0 Å². The van der Waals surface area contributed by atoms with Gasteiger partial charge in [0.15, 0.2) is 0 Å². The Bertz CT molecular complexity index is 1230. The fraction of sp³-hybridized carbons (Fsp3) is 0.238. The molecule has 0 saturated heterocycles. The predicted molar refractivity (Wildman–Crippen MR) is 114 cm³/mol. The zero-order chi connectivity index (χ0) is 23.1. The Balaban J connectivity index is 1.82. The van der Waals surface area contributed by atoms with Gasteiger partial charge in [-0.3, -0.25) is 9.78 Å². The Hall–Kier alpha value is -3.57. The van der Waals surface area contributed by atoms with Gasteiger partial charge in [0, 0.05) is 24.1 Å². The number of carboxylic acids is 1. The van der Waals surface area contributed by atoms with Gasteiger partial charge < -0.3 is 19.4 Å². The smallest absolute Gasteiger partial charge is 0.305 e. The van der Waals surface area contributed by atoms with Gasteiger partial charge in [-0.2, -0.15) is 4.98 Å². The van der Waals surface area contributed by atoms with Crippen LogP contribution in [0.3, 0.4) is 0 Å². The Morgan fingerprint density at radius 1 is 1.22 bits per heavy atom. The number of fused-ring (bicyclic) bond motifs is 1. The number of ether oxygens (including phenoxy) is 2. The number of aldehydes is 1. The first-order valence-electron chi connectivity index (χ1n) is 9.54. The summed E-state index contributed by atoms with van der Waals surface area (Å²) in [6.45, 7) is 0.100. The Morgan fingerprint density at radius 3 is 2.72 bits per heavy atom. The lowest BCUT2D eigenvalue weighted by atomic mass is 10.1. The Labute approximate surface area is 184 Å². The van der Waals surface area contributed by atoms with Crippen molar-refractivity contribution >= 4 is 33.2 Å². The molecule has 0 aliphatic carbocycles. The molecule has 2 N–H and O–H groups in total. The maximum Gasteiger partial charge on any atom is 0.305 e. The van der Waals surface area contributed by atoms with E-state index in [9.17, 15) is 18.0 Å². The second kappa shape index (κ2) is 10.2. The molecule has 2 aromatic heterocycles. The summed E-state index contributed by atoms with van der Waals surface area (Å²) < 4.78 is 38.3. The maximum atomic E-state index is 12.8. The molecule has 0 aliphatic rings. The quantitative estimate of drug-likeness (QED) is 0.408. The number of aromatic nitrogens is 2. The number of sulfonamides is 1. The molecule has 2 heterocycles. The van der Waals surface area contributed by atoms with Crippen LogP contribution in [0.4, 0.5) is 0 Å². The SMILES string of the molecule is COc1ccc(S(=O)(=O)N[C@H](C=O)CC(=O)O)c(OCCc2ccnc3ccccc23)n1. The van der Waals surface area contributed by atoms with E-state index in [2.05, 4.69) is 14.7 Å². The molecule has 0 fully saturated rings. The number of para-hydroxylation sites is 1. The zero-order valence-electron chi connectivity index (χ0n) is 17.1. The van der Waals surface area contributed by atoms with Crippen molar-refractivity contribution in [1.82, 2.24) is 14.7 Å². The van der Waals surface area contributed by atoms with Gasteiger partial charge in [0.1, 0.15) is 11.2 Å². The second-order valence-electron chi connectivity index (χ2n) is 6.70. The molecule has 3 aromatic rings. The van der Waals surface area contributed by atoms with Gasteiger partial charge in [-0.15, -0.1) is 0 Å². The van der Waals surface area contributed by atoms with E-state index in [4.69, 9.17) is 14.6 Å². The molecular weight excluding hydrogens is 438 g/mol. The van der Waals surface area contributed by atoms with Crippen molar-refractivity contribution in [3.8, 4) is 11.8 Å². The van der Waals surface area contributed by atoms with Gasteiger partial charge in [-0.1, -0.05) is 18.2 Å². The van der Waals surface area contributed by atoms with Crippen LogP contribution in [-0.4, -0.2) is 55.5 Å². The number of carbonyl (C=O) groups excluding carboxylic acids is 1. The van der Waals surface area contributed by atoms with Crippen molar-refractivity contribution < 1.29 is 32.6 Å². The largest absolute Gasteiger partial charge is 0.481 e. The molecule has 0 aliphatic heterocycles. The fourth-order valence-electron chi connectivity index (χ4n) is 3.03. The number of aliphatic carboxylic acids is 1. The van der Waals surface area contributed by atoms with E-state index in [1.54, 1.807) is 6.20 Å². The number of hydrogen-bond donors (Lipinski definition) is 2. The molecule has 0 amide bonds. The predicted octanol–water partition coefficient (Wildman–Crippen LogP) is 1.58. The van der Waals surface area contributed by atoms with E-state index >= 15 is 0 Å². The third-order valence-electron chi connectivity index (χ3n) is 4.51. The van der Waals surface area contributed by atoms with Gasteiger partial charge in [0.2, 0.25) is 21.8 Å². The highest BCUT2D eigenvalue weighted by Gasteiger charge is 2.26. The van der Waals surface area contributed by atoms with Crippen molar-refractivity contribution in [2.24, 2.45) is 0 Å². The first kappa shape index (κ1) is 23.1. The third kappa shape index (κ3) is 5.56. The van der Waals surface area contributed by atoms with E-state index in [-0.39, 0.29) is 29.5 Å². The van der Waals surface area contributed by atoms with Crippen molar-refractivity contribution in [3.63, 3.8) is 0 Å². The third-order valence-corrected chi connectivity index (χ3v) is 6.02. The monoisotopic (exact) mass is 459 g/mol.